The first kappa shape index (κ1) is 12.0. The first-order valence-electron chi connectivity index (χ1n) is 6.16. The van der Waals surface area contributed by atoms with Crippen LogP contribution in [0.4, 0.5) is 0 Å². The molecule has 1 N–H and O–H groups in total. The van der Waals surface area contributed by atoms with Gasteiger partial charge >= 0.3 is 0 Å². The zero-order valence-electron chi connectivity index (χ0n) is 10.3. The Kier molecular flexibility index (Phi) is 4.39. The van der Waals surface area contributed by atoms with Crippen LogP contribution >= 0.6 is 0 Å². The van der Waals surface area contributed by atoms with Gasteiger partial charge in [0.2, 0.25) is 0 Å². The lowest BCUT2D eigenvalue weighted by Crippen LogP contribution is -2.51. The van der Waals surface area contributed by atoms with Crippen LogP contribution in [0.2, 0.25) is 0 Å². The maximum atomic E-state index is 3.75. The van der Waals surface area contributed by atoms with Crippen LogP contribution in [0.15, 0.2) is 0 Å². The molecule has 1 heterocycles. The average Bonchev–Trinajstić information content (AvgIpc) is 2.38. The Balaban J connectivity index is 2.70. The molecule has 1 fully saturated rings. The van der Waals surface area contributed by atoms with Crippen molar-refractivity contribution in [2.24, 2.45) is 0 Å². The van der Waals surface area contributed by atoms with E-state index < -0.39 is 0 Å². The molecule has 2 heteroatoms. The van der Waals surface area contributed by atoms with Gasteiger partial charge < -0.3 is 5.32 Å². The summed E-state index contributed by atoms with van der Waals surface area (Å²) in [5.74, 6) is 0. The molecule has 0 aromatic heterocycles. The van der Waals surface area contributed by atoms with Crippen molar-refractivity contribution in [3.8, 4) is 0 Å². The molecule has 0 bridgehead atoms. The molecular formula is C12H26N2. The van der Waals surface area contributed by atoms with Crippen LogP contribution in [0.25, 0.3) is 0 Å². The highest BCUT2D eigenvalue weighted by molar-refractivity contribution is 4.92. The summed E-state index contributed by atoms with van der Waals surface area (Å²) < 4.78 is 0. The smallest absolute Gasteiger partial charge is 0.0303 e. The lowest BCUT2D eigenvalue weighted by Gasteiger charge is -2.36. The van der Waals surface area contributed by atoms with Crippen LogP contribution in [-0.4, -0.2) is 36.1 Å². The van der Waals surface area contributed by atoms with Crippen molar-refractivity contribution in [2.75, 3.05) is 19.6 Å². The zero-order valence-corrected chi connectivity index (χ0v) is 10.3. The van der Waals surface area contributed by atoms with E-state index in [0.29, 0.717) is 5.54 Å². The fourth-order valence-corrected chi connectivity index (χ4v) is 2.48. The predicted octanol–water partition coefficient (Wildman–Crippen LogP) is 2.25. The molecule has 1 aliphatic heterocycles. The molecule has 0 saturated carbocycles. The summed E-state index contributed by atoms with van der Waals surface area (Å²) in [7, 11) is 0. The Labute approximate surface area is 89.1 Å². The lowest BCUT2D eigenvalue weighted by atomic mass is 9.92. The highest BCUT2D eigenvalue weighted by atomic mass is 15.2. The van der Waals surface area contributed by atoms with E-state index >= 15 is 0 Å². The van der Waals surface area contributed by atoms with Crippen LogP contribution < -0.4 is 5.32 Å². The Morgan fingerprint density at radius 3 is 2.43 bits per heavy atom. The van der Waals surface area contributed by atoms with Crippen molar-refractivity contribution in [2.45, 2.75) is 58.5 Å². The third-order valence-electron chi connectivity index (χ3n) is 3.95. The monoisotopic (exact) mass is 198 g/mol. The van der Waals surface area contributed by atoms with E-state index in [1.165, 1.54) is 38.9 Å². The van der Waals surface area contributed by atoms with Crippen molar-refractivity contribution >= 4 is 0 Å². The van der Waals surface area contributed by atoms with Gasteiger partial charge in [0.1, 0.15) is 0 Å². The summed E-state index contributed by atoms with van der Waals surface area (Å²) >= 11 is 0. The van der Waals surface area contributed by atoms with Crippen LogP contribution in [0.5, 0.6) is 0 Å². The van der Waals surface area contributed by atoms with E-state index in [9.17, 15) is 0 Å². The third kappa shape index (κ3) is 2.48. The maximum absolute atomic E-state index is 3.75. The Bertz CT molecular complexity index is 164. The largest absolute Gasteiger partial charge is 0.310 e. The summed E-state index contributed by atoms with van der Waals surface area (Å²) in [4.78, 5) is 2.62. The van der Waals surface area contributed by atoms with Gasteiger partial charge in [-0.25, -0.2) is 0 Å². The highest BCUT2D eigenvalue weighted by Gasteiger charge is 2.31. The summed E-state index contributed by atoms with van der Waals surface area (Å²) in [5, 5.41) is 3.75. The van der Waals surface area contributed by atoms with Crippen LogP contribution in [-0.2, 0) is 0 Å². The molecule has 0 amide bonds. The first-order chi connectivity index (χ1) is 6.67. The molecule has 0 aromatic rings. The third-order valence-corrected chi connectivity index (χ3v) is 3.95. The van der Waals surface area contributed by atoms with E-state index in [4.69, 9.17) is 0 Å². The first-order valence-corrected chi connectivity index (χ1v) is 6.16. The quantitative estimate of drug-likeness (QED) is 0.748. The second kappa shape index (κ2) is 5.13. The van der Waals surface area contributed by atoms with Crippen molar-refractivity contribution in [1.82, 2.24) is 10.2 Å². The van der Waals surface area contributed by atoms with Gasteiger partial charge in [0, 0.05) is 18.1 Å². The van der Waals surface area contributed by atoms with E-state index in [1.54, 1.807) is 0 Å². The second-order valence-electron chi connectivity index (χ2n) is 4.62. The molecule has 0 spiro atoms. The molecule has 0 radical (unpaired) electrons. The number of nitrogens with one attached hydrogen (secondary N) is 1. The minimum Gasteiger partial charge on any atom is -0.310 e. The molecule has 14 heavy (non-hydrogen) atoms. The fraction of sp³-hybridized carbons (Fsp3) is 1.00. The lowest BCUT2D eigenvalue weighted by molar-refractivity contribution is 0.167. The molecule has 1 atom stereocenters. The SMILES string of the molecule is CCN1CC(CC)(CC)NCCC1C. The molecule has 1 unspecified atom stereocenters. The summed E-state index contributed by atoms with van der Waals surface area (Å²) in [5.41, 5.74) is 0.376. The normalized spacial score (nSPS) is 28.7. The van der Waals surface area contributed by atoms with Gasteiger partial charge in [0.05, 0.1) is 0 Å². The molecule has 2 nitrogen and oxygen atoms in total. The number of likely N-dealkylation sites (N-methyl/N-ethyl adjacent to an activating group) is 1. The van der Waals surface area contributed by atoms with Crippen molar-refractivity contribution < 1.29 is 0 Å². The highest BCUT2D eigenvalue weighted by Crippen LogP contribution is 2.21. The zero-order chi connectivity index (χ0) is 10.6. The topological polar surface area (TPSA) is 15.3 Å². The van der Waals surface area contributed by atoms with Crippen molar-refractivity contribution in [1.29, 1.82) is 0 Å². The molecule has 0 aliphatic carbocycles. The van der Waals surface area contributed by atoms with Crippen LogP contribution in [0.3, 0.4) is 0 Å². The molecule has 1 aliphatic rings. The summed E-state index contributed by atoms with van der Waals surface area (Å²) in [6.07, 6.45) is 3.77. The van der Waals surface area contributed by atoms with E-state index in [2.05, 4.69) is 37.9 Å². The minimum atomic E-state index is 0.376. The van der Waals surface area contributed by atoms with Gasteiger partial charge in [-0.1, -0.05) is 20.8 Å². The van der Waals surface area contributed by atoms with Gasteiger partial charge in [0.25, 0.3) is 0 Å². The van der Waals surface area contributed by atoms with Gasteiger partial charge in [-0.2, -0.15) is 0 Å². The molecule has 1 rings (SSSR count). The Hall–Kier alpha value is -0.0800. The minimum absolute atomic E-state index is 0.376. The van der Waals surface area contributed by atoms with Gasteiger partial charge in [-0.15, -0.1) is 0 Å². The molecular weight excluding hydrogens is 172 g/mol. The molecule has 1 saturated heterocycles. The Morgan fingerprint density at radius 2 is 1.93 bits per heavy atom. The fourth-order valence-electron chi connectivity index (χ4n) is 2.48. The van der Waals surface area contributed by atoms with E-state index in [1.807, 2.05) is 0 Å². The van der Waals surface area contributed by atoms with Crippen LogP contribution in [0, 0.1) is 0 Å². The van der Waals surface area contributed by atoms with E-state index in [-0.39, 0.29) is 0 Å². The standard InChI is InChI=1S/C12H26N2/c1-5-12(6-2)10-14(7-3)11(4)8-9-13-12/h11,13H,5-10H2,1-4H3. The van der Waals surface area contributed by atoms with Crippen LogP contribution in [0.1, 0.15) is 47.0 Å². The summed E-state index contributed by atoms with van der Waals surface area (Å²) in [6, 6.07) is 0.743. The van der Waals surface area contributed by atoms with Gasteiger partial charge in [-0.05, 0) is 39.3 Å². The number of rotatable bonds is 3. The summed E-state index contributed by atoms with van der Waals surface area (Å²) in [6.45, 7) is 12.8. The molecule has 0 aromatic carbocycles. The van der Waals surface area contributed by atoms with Gasteiger partial charge in [-0.3, -0.25) is 4.90 Å². The van der Waals surface area contributed by atoms with E-state index in [0.717, 1.165) is 6.04 Å². The van der Waals surface area contributed by atoms with Crippen molar-refractivity contribution in [3.63, 3.8) is 0 Å². The number of nitrogens with zero attached hydrogens (tertiary/aromatic N) is 1. The number of hydrogen-bond donors (Lipinski definition) is 1. The molecule has 84 valence electrons. The predicted molar refractivity (Wildman–Crippen MR) is 62.6 cm³/mol. The maximum Gasteiger partial charge on any atom is 0.0303 e. The second-order valence-corrected chi connectivity index (χ2v) is 4.62. The van der Waals surface area contributed by atoms with Gasteiger partial charge in [0.15, 0.2) is 0 Å². The van der Waals surface area contributed by atoms with Crippen molar-refractivity contribution in [3.05, 3.63) is 0 Å². The Morgan fingerprint density at radius 1 is 1.29 bits per heavy atom. The average molecular weight is 198 g/mol. The number of hydrogen-bond acceptors (Lipinski definition) is 2.